The van der Waals surface area contributed by atoms with Crippen molar-refractivity contribution in [2.45, 2.75) is 109 Å². The van der Waals surface area contributed by atoms with Gasteiger partial charge in [0.05, 0.1) is 14.1 Å². The predicted octanol–water partition coefficient (Wildman–Crippen LogP) is 9.01. The van der Waals surface area contributed by atoms with Crippen molar-refractivity contribution in [3.05, 3.63) is 29.3 Å². The molecule has 1 nitrogen and oxygen atoms in total. The molecule has 0 N–H and O–H groups in total. The highest BCUT2D eigenvalue weighted by molar-refractivity contribution is 6.85. The Balaban J connectivity index is 3.57. The molecule has 179 valence electrons. The first-order valence-electron chi connectivity index (χ1n) is 11.5. The van der Waals surface area contributed by atoms with Gasteiger partial charge in [-0.1, -0.05) is 91.4 Å². The topological polar surface area (TPSA) is 9.23 Å². The fourth-order valence-corrected chi connectivity index (χ4v) is 18.0. The minimum atomic E-state index is -2.87. The molecule has 0 fully saturated rings. The van der Waals surface area contributed by atoms with Crippen molar-refractivity contribution < 1.29 is 22.0 Å². The third-order valence-electron chi connectivity index (χ3n) is 7.26. The van der Waals surface area contributed by atoms with Crippen LogP contribution in [0.5, 0.6) is 5.75 Å². The summed E-state index contributed by atoms with van der Waals surface area (Å²) in [5, 5.41) is -0.354. The molecule has 31 heavy (non-hydrogen) atoms. The summed E-state index contributed by atoms with van der Waals surface area (Å²) >= 11 is 0. The summed E-state index contributed by atoms with van der Waals surface area (Å²) in [6, 6.07) is 8.36. The second-order valence-electron chi connectivity index (χ2n) is 11.2. The van der Waals surface area contributed by atoms with E-state index in [1.165, 1.54) is 6.07 Å². The Hall–Kier alpha value is -0.609. The Labute approximate surface area is 190 Å². The molecule has 0 amide bonds. The minimum Gasteiger partial charge on any atom is -0.539 e. The van der Waals surface area contributed by atoms with E-state index in [0.29, 0.717) is 0 Å². The van der Waals surface area contributed by atoms with Gasteiger partial charge >= 0.3 is 0 Å². The van der Waals surface area contributed by atoms with E-state index in [1.807, 2.05) is 20.8 Å². The quantitative estimate of drug-likeness (QED) is 0.170. The molecule has 1 radical (unpaired) electrons. The molecule has 0 aliphatic carbocycles. The lowest BCUT2D eigenvalue weighted by Gasteiger charge is -2.45. The summed E-state index contributed by atoms with van der Waals surface area (Å²) < 4.78 is 63.3. The molecule has 1 unspecified atom stereocenters. The van der Waals surface area contributed by atoms with E-state index in [1.54, 1.807) is 0 Å². The van der Waals surface area contributed by atoms with Crippen LogP contribution in [-0.2, 0) is 0 Å². The Morgan fingerprint density at radius 2 is 1.16 bits per heavy atom. The highest BCUT2D eigenvalue weighted by Crippen LogP contribution is 2.48. The Morgan fingerprint density at radius 3 is 1.52 bits per heavy atom. The van der Waals surface area contributed by atoms with Crippen LogP contribution in [0.15, 0.2) is 0 Å². The highest BCUT2D eigenvalue weighted by atomic mass is 28.4. The van der Waals surface area contributed by atoms with Gasteiger partial charge in [0.1, 0.15) is 0 Å². The van der Waals surface area contributed by atoms with Gasteiger partial charge in [-0.15, -0.1) is 0 Å². The molecule has 0 aliphatic rings. The molecule has 0 bridgehead atoms. The first-order chi connectivity index (χ1) is 14.1. The molecule has 0 aliphatic heterocycles. The van der Waals surface area contributed by atoms with Crippen molar-refractivity contribution in [2.24, 2.45) is 0 Å². The van der Waals surface area contributed by atoms with Crippen molar-refractivity contribution in [2.75, 3.05) is 0 Å². The van der Waals surface area contributed by atoms with E-state index < -0.39 is 53.5 Å². The second kappa shape index (κ2) is 10.5. The molecule has 0 saturated heterocycles. The molecule has 0 spiro atoms. The first-order valence-corrected chi connectivity index (χ1v) is 20.4. The van der Waals surface area contributed by atoms with Crippen molar-refractivity contribution in [3.63, 3.8) is 0 Å². The first kappa shape index (κ1) is 28.4. The molecular weight excluding hydrogens is 453 g/mol. The zero-order chi connectivity index (χ0) is 24.3. The van der Waals surface area contributed by atoms with Crippen molar-refractivity contribution in [1.82, 2.24) is 0 Å². The van der Waals surface area contributed by atoms with Crippen LogP contribution in [-0.4, -0.2) is 24.5 Å². The molecular formula is C23H41F4OSi3. The van der Waals surface area contributed by atoms with Gasteiger partial charge in [0.15, 0.2) is 17.4 Å². The largest absolute Gasteiger partial charge is 0.539 e. The third-order valence-corrected chi connectivity index (χ3v) is 21.3. The summed E-state index contributed by atoms with van der Waals surface area (Å²) in [7, 11) is -5.88. The van der Waals surface area contributed by atoms with E-state index in [0.717, 1.165) is 42.3 Å². The van der Waals surface area contributed by atoms with Crippen LogP contribution in [0.3, 0.4) is 0 Å². The molecule has 8 heteroatoms. The summed E-state index contributed by atoms with van der Waals surface area (Å²) in [6.45, 7) is 19.6. The van der Waals surface area contributed by atoms with Gasteiger partial charge in [0.2, 0.25) is 11.6 Å². The Kier molecular flexibility index (Phi) is 9.67. The van der Waals surface area contributed by atoms with E-state index in [2.05, 4.69) is 40.4 Å². The molecule has 0 heterocycles. The lowest BCUT2D eigenvalue weighted by Crippen LogP contribution is -2.52. The maximum atomic E-state index is 14.6. The molecule has 0 aromatic heterocycles. The van der Waals surface area contributed by atoms with Gasteiger partial charge in [-0.3, -0.25) is 0 Å². The third kappa shape index (κ3) is 6.93. The molecule has 1 atom stereocenters. The molecule has 1 aromatic rings. The van der Waals surface area contributed by atoms with Gasteiger partial charge in [0.25, 0.3) is 8.32 Å². The van der Waals surface area contributed by atoms with E-state index in [4.69, 9.17) is 4.43 Å². The van der Waals surface area contributed by atoms with Gasteiger partial charge in [0, 0.05) is 8.07 Å². The number of hydrogen-bond acceptors (Lipinski definition) is 1. The van der Waals surface area contributed by atoms with Gasteiger partial charge in [-0.05, 0) is 17.1 Å². The van der Waals surface area contributed by atoms with Crippen LogP contribution in [0.4, 0.5) is 17.6 Å². The summed E-state index contributed by atoms with van der Waals surface area (Å²) in [5.41, 5.74) is 0. The van der Waals surface area contributed by atoms with Gasteiger partial charge in [-0.25, -0.2) is 8.78 Å². The van der Waals surface area contributed by atoms with E-state index in [-0.39, 0.29) is 5.04 Å². The van der Waals surface area contributed by atoms with Gasteiger partial charge < -0.3 is 4.43 Å². The number of hydrogen-bond donors (Lipinski definition) is 0. The Bertz CT molecular complexity index is 705. The average molecular weight is 494 g/mol. The van der Waals surface area contributed by atoms with Crippen LogP contribution in [0.2, 0.25) is 67.0 Å². The fraction of sp³-hybridized carbons (Fsp3) is 0.739. The zero-order valence-electron chi connectivity index (χ0n) is 20.9. The van der Waals surface area contributed by atoms with Crippen molar-refractivity contribution in [1.29, 1.82) is 0 Å². The summed E-state index contributed by atoms with van der Waals surface area (Å²) in [6.07, 6.45) is 0. The zero-order valence-corrected chi connectivity index (χ0v) is 23.9. The Morgan fingerprint density at radius 1 is 0.742 bits per heavy atom. The number of halogens is 4. The van der Waals surface area contributed by atoms with E-state index >= 15 is 0 Å². The van der Waals surface area contributed by atoms with E-state index in [9.17, 15) is 17.6 Å². The lowest BCUT2D eigenvalue weighted by atomic mass is 10.2. The van der Waals surface area contributed by atoms with Gasteiger partial charge in [-0.2, -0.15) is 8.78 Å². The monoisotopic (exact) mass is 493 g/mol. The fourth-order valence-electron chi connectivity index (χ4n) is 4.24. The second-order valence-corrected chi connectivity index (χ2v) is 27.1. The molecule has 1 aromatic carbocycles. The van der Waals surface area contributed by atoms with Crippen LogP contribution in [0, 0.1) is 29.3 Å². The number of rotatable bonds is 11. The van der Waals surface area contributed by atoms with Crippen molar-refractivity contribution in [3.8, 4) is 5.75 Å². The highest BCUT2D eigenvalue weighted by Gasteiger charge is 2.50. The molecule has 1 rings (SSSR count). The van der Waals surface area contributed by atoms with Crippen molar-refractivity contribution >= 4 is 24.5 Å². The summed E-state index contributed by atoms with van der Waals surface area (Å²) in [4.78, 5) is 0. The van der Waals surface area contributed by atoms with Crippen LogP contribution in [0.25, 0.3) is 0 Å². The molecule has 0 saturated carbocycles. The SMILES string of the molecule is CC[Si](CC)(CC)CC[Si](CC[Si](C)(C)C)(Oc1c(F)c(F)[c]c(F)c1F)C(C)(C)C. The average Bonchev–Trinajstić information content (AvgIpc) is 2.67. The minimum absolute atomic E-state index is 0.354. The lowest BCUT2D eigenvalue weighted by molar-refractivity contribution is 0.372. The summed E-state index contributed by atoms with van der Waals surface area (Å²) in [5.74, 6) is -6.90. The van der Waals surface area contributed by atoms with Crippen LogP contribution >= 0.6 is 0 Å². The standard InChI is InChI=1S/C23H41F4OSi3/c1-10-30(11-2,12-3)14-16-31(23(4,5)6,15-13-29(7,8)9)28-22-20(26)18(24)17-19(25)21(22)27/h10-16H2,1-9H3. The smallest absolute Gasteiger partial charge is 0.256 e. The van der Waals surface area contributed by atoms with Crippen LogP contribution in [0.1, 0.15) is 41.5 Å². The maximum Gasteiger partial charge on any atom is 0.256 e. The normalized spacial score (nSPS) is 15.1. The van der Waals surface area contributed by atoms with Crippen LogP contribution < -0.4 is 4.43 Å². The predicted molar refractivity (Wildman–Crippen MR) is 131 cm³/mol. The number of benzene rings is 1. The maximum absolute atomic E-state index is 14.6.